The van der Waals surface area contributed by atoms with Gasteiger partial charge in [0.25, 0.3) is 5.79 Å². The Labute approximate surface area is 133 Å². The maximum atomic E-state index is 12.5. The summed E-state index contributed by atoms with van der Waals surface area (Å²) in [5.74, 6) is -1.83. The molecule has 5 nitrogen and oxygen atoms in total. The molecule has 6 heteroatoms. The molecule has 2 aliphatic heterocycles. The van der Waals surface area contributed by atoms with Gasteiger partial charge in [0.2, 0.25) is 0 Å². The highest BCUT2D eigenvalue weighted by molar-refractivity contribution is 6.30. The number of anilines is 1. The van der Waals surface area contributed by atoms with E-state index in [1.807, 2.05) is 0 Å². The van der Waals surface area contributed by atoms with E-state index < -0.39 is 17.4 Å². The lowest BCUT2D eigenvalue weighted by Gasteiger charge is -2.42. The number of nitrogens with zero attached hydrogens (tertiary/aromatic N) is 1. The summed E-state index contributed by atoms with van der Waals surface area (Å²) in [6.07, 6.45) is 2.83. The van der Waals surface area contributed by atoms with Crippen LogP contribution in [0.15, 0.2) is 24.3 Å². The van der Waals surface area contributed by atoms with E-state index in [2.05, 4.69) is 0 Å². The zero-order chi connectivity index (χ0) is 15.5. The summed E-state index contributed by atoms with van der Waals surface area (Å²) in [7, 11) is 0. The quantitative estimate of drug-likeness (QED) is 0.743. The lowest BCUT2D eigenvalue weighted by molar-refractivity contribution is -0.182. The Morgan fingerprint density at radius 1 is 1.18 bits per heavy atom. The van der Waals surface area contributed by atoms with Gasteiger partial charge in [-0.2, -0.15) is 0 Å². The lowest BCUT2D eigenvalue weighted by atomic mass is 9.69. The van der Waals surface area contributed by atoms with Gasteiger partial charge < -0.3 is 9.47 Å². The van der Waals surface area contributed by atoms with Gasteiger partial charge in [-0.25, -0.2) is 4.79 Å². The number of hydrogen-bond acceptors (Lipinski definition) is 4. The van der Waals surface area contributed by atoms with Gasteiger partial charge in [-0.15, -0.1) is 0 Å². The minimum Gasteiger partial charge on any atom is -0.420 e. The molecule has 0 N–H and O–H groups in total. The Bertz CT molecular complexity index is 661. The zero-order valence-corrected chi connectivity index (χ0v) is 12.9. The third kappa shape index (κ3) is 1.55. The van der Waals surface area contributed by atoms with Gasteiger partial charge in [-0.3, -0.25) is 9.69 Å². The van der Waals surface area contributed by atoms with Crippen LogP contribution in [0.1, 0.15) is 32.6 Å². The molecule has 3 atom stereocenters. The molecule has 0 unspecified atom stereocenters. The van der Waals surface area contributed by atoms with Crippen LogP contribution in [0.3, 0.4) is 0 Å². The third-order valence-corrected chi connectivity index (χ3v) is 5.44. The van der Waals surface area contributed by atoms with E-state index in [0.717, 1.165) is 19.3 Å². The molecule has 22 heavy (non-hydrogen) atoms. The van der Waals surface area contributed by atoms with E-state index in [1.54, 1.807) is 36.1 Å². The molecule has 1 amide bonds. The Balaban J connectivity index is 1.88. The van der Waals surface area contributed by atoms with E-state index in [1.165, 1.54) is 0 Å². The average Bonchev–Trinajstić information content (AvgIpc) is 2.81. The molecule has 116 valence electrons. The van der Waals surface area contributed by atoms with Gasteiger partial charge in [0.05, 0.1) is 5.92 Å². The van der Waals surface area contributed by atoms with Crippen LogP contribution in [0.4, 0.5) is 10.5 Å². The molecule has 1 saturated carbocycles. The van der Waals surface area contributed by atoms with Crippen molar-refractivity contribution in [3.8, 4) is 0 Å². The fourth-order valence-electron chi connectivity index (χ4n) is 4.24. The van der Waals surface area contributed by atoms with Crippen molar-refractivity contribution < 1.29 is 19.1 Å². The molecule has 1 aromatic carbocycles. The number of carbonyl (C=O) groups excluding carboxylic acids is 2. The van der Waals surface area contributed by atoms with Crippen molar-refractivity contribution in [3.05, 3.63) is 29.3 Å². The van der Waals surface area contributed by atoms with Crippen LogP contribution in [-0.4, -0.2) is 23.4 Å². The molecule has 1 aliphatic carbocycles. The first-order valence-electron chi connectivity index (χ1n) is 7.50. The van der Waals surface area contributed by atoms with E-state index in [4.69, 9.17) is 21.1 Å². The molecule has 2 heterocycles. The van der Waals surface area contributed by atoms with E-state index >= 15 is 0 Å². The first-order valence-corrected chi connectivity index (χ1v) is 7.87. The standard InChI is InChI=1S/C16H16ClNO4/c1-15-16(9-3-2-4-12(16)13(19)21-15)18(14(20)22-15)11-7-5-10(17)6-8-11/h5-8,12H,2-4,9H2,1H3/t12-,15+,16+/m1/s1. The molecule has 3 fully saturated rings. The highest BCUT2D eigenvalue weighted by Gasteiger charge is 2.75. The molecule has 1 spiro atoms. The second kappa shape index (κ2) is 4.38. The van der Waals surface area contributed by atoms with Crippen LogP contribution in [0.5, 0.6) is 0 Å². The molecule has 4 rings (SSSR count). The number of halogens is 1. The summed E-state index contributed by atoms with van der Waals surface area (Å²) in [6, 6.07) is 7.01. The largest absolute Gasteiger partial charge is 0.420 e. The van der Waals surface area contributed by atoms with E-state index in [0.29, 0.717) is 17.1 Å². The summed E-state index contributed by atoms with van der Waals surface area (Å²) >= 11 is 5.94. The van der Waals surface area contributed by atoms with Crippen molar-refractivity contribution in [1.82, 2.24) is 0 Å². The maximum Gasteiger partial charge on any atom is 0.418 e. The van der Waals surface area contributed by atoms with Crippen molar-refractivity contribution in [2.75, 3.05) is 4.90 Å². The molecule has 2 saturated heterocycles. The molecular weight excluding hydrogens is 306 g/mol. The predicted molar refractivity (Wildman–Crippen MR) is 79.6 cm³/mol. The van der Waals surface area contributed by atoms with Crippen LogP contribution in [0.2, 0.25) is 5.02 Å². The topological polar surface area (TPSA) is 55.8 Å². The normalized spacial score (nSPS) is 36.6. The monoisotopic (exact) mass is 321 g/mol. The first-order chi connectivity index (χ1) is 10.5. The maximum absolute atomic E-state index is 12.5. The van der Waals surface area contributed by atoms with E-state index in [-0.39, 0.29) is 11.9 Å². The lowest BCUT2D eigenvalue weighted by Crippen LogP contribution is -2.60. The molecule has 0 radical (unpaired) electrons. The summed E-state index contributed by atoms with van der Waals surface area (Å²) in [5.41, 5.74) is -0.0731. The van der Waals surface area contributed by atoms with Crippen molar-refractivity contribution in [2.45, 2.75) is 43.9 Å². The smallest absolute Gasteiger partial charge is 0.418 e. The Kier molecular flexibility index (Phi) is 2.77. The number of benzene rings is 1. The number of amides is 1. The van der Waals surface area contributed by atoms with Crippen LogP contribution in [-0.2, 0) is 14.3 Å². The van der Waals surface area contributed by atoms with Gasteiger partial charge in [-0.1, -0.05) is 24.4 Å². The predicted octanol–water partition coefficient (Wildman–Crippen LogP) is 3.50. The van der Waals surface area contributed by atoms with Crippen molar-refractivity contribution in [3.63, 3.8) is 0 Å². The molecule has 0 aromatic heterocycles. The molecule has 3 aliphatic rings. The van der Waals surface area contributed by atoms with Crippen molar-refractivity contribution >= 4 is 29.4 Å². The number of ether oxygens (including phenoxy) is 2. The number of rotatable bonds is 1. The second-order valence-corrected chi connectivity index (χ2v) is 6.71. The fraction of sp³-hybridized carbons (Fsp3) is 0.500. The minimum absolute atomic E-state index is 0.270. The summed E-state index contributed by atoms with van der Waals surface area (Å²) in [5, 5.41) is 0.593. The second-order valence-electron chi connectivity index (χ2n) is 6.27. The van der Waals surface area contributed by atoms with Crippen molar-refractivity contribution in [2.24, 2.45) is 5.92 Å². The van der Waals surface area contributed by atoms with Gasteiger partial charge in [0, 0.05) is 17.6 Å². The summed E-state index contributed by atoms with van der Waals surface area (Å²) in [6.45, 7) is 1.70. The van der Waals surface area contributed by atoms with Crippen LogP contribution in [0, 0.1) is 5.92 Å². The zero-order valence-electron chi connectivity index (χ0n) is 12.2. The molecule has 0 bridgehead atoms. The average molecular weight is 322 g/mol. The highest BCUT2D eigenvalue weighted by atomic mass is 35.5. The number of carbonyl (C=O) groups is 2. The third-order valence-electron chi connectivity index (χ3n) is 5.19. The fourth-order valence-corrected chi connectivity index (χ4v) is 4.37. The van der Waals surface area contributed by atoms with Gasteiger partial charge in [0.15, 0.2) is 0 Å². The van der Waals surface area contributed by atoms with E-state index in [9.17, 15) is 9.59 Å². The van der Waals surface area contributed by atoms with Crippen molar-refractivity contribution in [1.29, 1.82) is 0 Å². The number of hydrogen-bond donors (Lipinski definition) is 0. The Morgan fingerprint density at radius 2 is 1.91 bits per heavy atom. The van der Waals surface area contributed by atoms with Crippen LogP contribution in [0.25, 0.3) is 0 Å². The van der Waals surface area contributed by atoms with Crippen LogP contribution < -0.4 is 4.90 Å². The SMILES string of the molecule is C[C@@]12OC(=O)[C@H]3CCCC[C@]31N(c1ccc(Cl)cc1)C(=O)O2. The summed E-state index contributed by atoms with van der Waals surface area (Å²) < 4.78 is 11.0. The first kappa shape index (κ1) is 13.9. The summed E-state index contributed by atoms with van der Waals surface area (Å²) in [4.78, 5) is 26.4. The number of esters is 1. The van der Waals surface area contributed by atoms with Crippen LogP contribution >= 0.6 is 11.6 Å². The van der Waals surface area contributed by atoms with Gasteiger partial charge in [-0.05, 0) is 37.1 Å². The molecule has 1 aromatic rings. The van der Waals surface area contributed by atoms with Gasteiger partial charge in [0.1, 0.15) is 5.54 Å². The Morgan fingerprint density at radius 3 is 2.64 bits per heavy atom. The minimum atomic E-state index is -1.22. The Hall–Kier alpha value is -1.75. The highest BCUT2D eigenvalue weighted by Crippen LogP contribution is 2.58. The van der Waals surface area contributed by atoms with Gasteiger partial charge >= 0.3 is 12.1 Å². The molecular formula is C16H16ClNO4.